The monoisotopic (exact) mass is 324 g/mol. The maximum Gasteiger partial charge on any atom is 0.389 e. The molecule has 0 saturated heterocycles. The minimum Gasteiger partial charge on any atom is -0.274 e. The SMILES string of the molecule is N#Cc1c(F)cccc1S(=O)(=O)NC(=O)CCC(F)(F)F. The lowest BCUT2D eigenvalue weighted by Crippen LogP contribution is -2.32. The van der Waals surface area contributed by atoms with Gasteiger partial charge in [0.1, 0.15) is 22.3 Å². The third kappa shape index (κ3) is 4.71. The first-order valence-corrected chi connectivity index (χ1v) is 6.86. The summed E-state index contributed by atoms with van der Waals surface area (Å²) in [7, 11) is -4.62. The van der Waals surface area contributed by atoms with E-state index < -0.39 is 51.2 Å². The van der Waals surface area contributed by atoms with Crippen molar-refractivity contribution < 1.29 is 30.8 Å². The van der Waals surface area contributed by atoms with E-state index >= 15 is 0 Å². The predicted octanol–water partition coefficient (Wildman–Crippen LogP) is 1.84. The Morgan fingerprint density at radius 3 is 2.48 bits per heavy atom. The van der Waals surface area contributed by atoms with E-state index in [1.54, 1.807) is 0 Å². The van der Waals surface area contributed by atoms with Crippen LogP contribution in [-0.2, 0) is 14.8 Å². The third-order valence-electron chi connectivity index (χ3n) is 2.26. The Balaban J connectivity index is 2.96. The van der Waals surface area contributed by atoms with Gasteiger partial charge in [0.2, 0.25) is 5.91 Å². The summed E-state index contributed by atoms with van der Waals surface area (Å²) in [5, 5.41) is 8.69. The first-order chi connectivity index (χ1) is 9.57. The lowest BCUT2D eigenvalue weighted by atomic mass is 10.2. The van der Waals surface area contributed by atoms with Gasteiger partial charge in [-0.05, 0) is 12.1 Å². The number of amides is 1. The molecule has 0 unspecified atom stereocenters. The number of hydrogen-bond donors (Lipinski definition) is 1. The zero-order chi connectivity index (χ0) is 16.3. The van der Waals surface area contributed by atoms with E-state index in [1.165, 1.54) is 10.8 Å². The number of nitrogens with one attached hydrogen (secondary N) is 1. The number of nitrogens with zero attached hydrogens (tertiary/aromatic N) is 1. The molecule has 0 heterocycles. The Morgan fingerprint density at radius 1 is 1.33 bits per heavy atom. The summed E-state index contributed by atoms with van der Waals surface area (Å²) in [4.78, 5) is 10.4. The largest absolute Gasteiger partial charge is 0.389 e. The van der Waals surface area contributed by atoms with E-state index in [-0.39, 0.29) is 0 Å². The molecule has 0 bridgehead atoms. The standard InChI is InChI=1S/C11H8F4N2O3S/c12-8-2-1-3-9(7(8)6-16)21(19,20)17-10(18)4-5-11(13,14)15/h1-3H,4-5H2,(H,17,18). The van der Waals surface area contributed by atoms with Crippen LogP contribution in [0.25, 0.3) is 0 Å². The molecule has 0 atom stereocenters. The number of benzene rings is 1. The molecular weight excluding hydrogens is 316 g/mol. The van der Waals surface area contributed by atoms with Crippen LogP contribution in [0.4, 0.5) is 17.6 Å². The van der Waals surface area contributed by atoms with Gasteiger partial charge in [-0.1, -0.05) is 6.07 Å². The van der Waals surface area contributed by atoms with Gasteiger partial charge in [0.05, 0.1) is 6.42 Å². The number of rotatable bonds is 4. The quantitative estimate of drug-likeness (QED) is 0.856. The second-order valence-electron chi connectivity index (χ2n) is 3.87. The van der Waals surface area contributed by atoms with E-state index in [0.29, 0.717) is 0 Å². The van der Waals surface area contributed by atoms with Gasteiger partial charge in [0.15, 0.2) is 0 Å². The Labute approximate surface area is 117 Å². The fourth-order valence-electron chi connectivity index (χ4n) is 1.35. The van der Waals surface area contributed by atoms with Crippen molar-refractivity contribution in [1.82, 2.24) is 4.72 Å². The number of carbonyl (C=O) groups is 1. The molecule has 1 aromatic carbocycles. The van der Waals surface area contributed by atoms with Crippen LogP contribution in [0.2, 0.25) is 0 Å². The number of sulfonamides is 1. The Kier molecular flexibility index (Phi) is 4.90. The van der Waals surface area contributed by atoms with Crippen molar-refractivity contribution >= 4 is 15.9 Å². The minimum absolute atomic E-state index is 0.814. The van der Waals surface area contributed by atoms with Crippen LogP contribution >= 0.6 is 0 Å². The molecule has 0 aliphatic heterocycles. The fraction of sp³-hybridized carbons (Fsp3) is 0.273. The molecule has 21 heavy (non-hydrogen) atoms. The molecule has 1 N–H and O–H groups in total. The Bertz CT molecular complexity index is 692. The minimum atomic E-state index is -4.62. The highest BCUT2D eigenvalue weighted by Crippen LogP contribution is 2.22. The van der Waals surface area contributed by atoms with Gasteiger partial charge in [-0.2, -0.15) is 18.4 Å². The lowest BCUT2D eigenvalue weighted by molar-refractivity contribution is -0.143. The highest BCUT2D eigenvalue weighted by atomic mass is 32.2. The average molecular weight is 324 g/mol. The first-order valence-electron chi connectivity index (χ1n) is 5.38. The van der Waals surface area contributed by atoms with Crippen molar-refractivity contribution in [2.75, 3.05) is 0 Å². The van der Waals surface area contributed by atoms with Gasteiger partial charge < -0.3 is 0 Å². The second-order valence-corrected chi connectivity index (χ2v) is 5.52. The number of halogens is 4. The highest BCUT2D eigenvalue weighted by molar-refractivity contribution is 7.90. The van der Waals surface area contributed by atoms with Crippen LogP contribution in [-0.4, -0.2) is 20.5 Å². The van der Waals surface area contributed by atoms with Gasteiger partial charge in [-0.15, -0.1) is 0 Å². The Hall–Kier alpha value is -2.15. The summed E-state index contributed by atoms with van der Waals surface area (Å²) >= 11 is 0. The molecule has 0 fully saturated rings. The molecule has 0 aromatic heterocycles. The van der Waals surface area contributed by atoms with E-state index in [4.69, 9.17) is 5.26 Å². The summed E-state index contributed by atoms with van der Waals surface area (Å²) in [6.45, 7) is 0. The van der Waals surface area contributed by atoms with Gasteiger partial charge >= 0.3 is 6.18 Å². The van der Waals surface area contributed by atoms with Gasteiger partial charge in [-0.25, -0.2) is 17.5 Å². The molecule has 1 amide bonds. The van der Waals surface area contributed by atoms with Crippen molar-refractivity contribution in [2.24, 2.45) is 0 Å². The number of nitriles is 1. The number of carbonyl (C=O) groups excluding carboxylic acids is 1. The zero-order valence-electron chi connectivity index (χ0n) is 10.2. The summed E-state index contributed by atoms with van der Waals surface area (Å²) in [5.74, 6) is -2.52. The first kappa shape index (κ1) is 16.9. The molecule has 0 saturated carbocycles. The average Bonchev–Trinajstić information content (AvgIpc) is 2.34. The normalized spacial score (nSPS) is 11.8. The molecule has 0 aliphatic rings. The van der Waals surface area contributed by atoms with Crippen LogP contribution < -0.4 is 4.72 Å². The maximum absolute atomic E-state index is 13.3. The van der Waals surface area contributed by atoms with Gasteiger partial charge in [0.25, 0.3) is 10.0 Å². The van der Waals surface area contributed by atoms with E-state index in [0.717, 1.165) is 18.2 Å². The molecule has 0 aliphatic carbocycles. The van der Waals surface area contributed by atoms with Crippen molar-refractivity contribution in [3.8, 4) is 6.07 Å². The van der Waals surface area contributed by atoms with Crippen molar-refractivity contribution in [1.29, 1.82) is 5.26 Å². The van der Waals surface area contributed by atoms with Crippen LogP contribution in [0.15, 0.2) is 23.1 Å². The van der Waals surface area contributed by atoms with Crippen LogP contribution in [0.1, 0.15) is 18.4 Å². The molecule has 10 heteroatoms. The summed E-state index contributed by atoms with van der Waals surface area (Å²) < 4.78 is 73.9. The molecule has 0 spiro atoms. The zero-order valence-corrected chi connectivity index (χ0v) is 11.1. The van der Waals surface area contributed by atoms with Crippen LogP contribution in [0, 0.1) is 17.1 Å². The number of alkyl halides is 3. The molecule has 1 aromatic rings. The Morgan fingerprint density at radius 2 is 1.95 bits per heavy atom. The lowest BCUT2D eigenvalue weighted by Gasteiger charge is -2.09. The van der Waals surface area contributed by atoms with E-state index in [1.807, 2.05) is 0 Å². The van der Waals surface area contributed by atoms with Crippen molar-refractivity contribution in [3.63, 3.8) is 0 Å². The van der Waals surface area contributed by atoms with E-state index in [9.17, 15) is 30.8 Å². The summed E-state index contributed by atoms with van der Waals surface area (Å²) in [6.07, 6.45) is -7.21. The third-order valence-corrected chi connectivity index (χ3v) is 3.68. The number of hydrogen-bond acceptors (Lipinski definition) is 4. The molecule has 114 valence electrons. The molecular formula is C11H8F4N2O3S. The smallest absolute Gasteiger partial charge is 0.274 e. The van der Waals surface area contributed by atoms with Gasteiger partial charge in [-0.3, -0.25) is 4.79 Å². The molecule has 0 radical (unpaired) electrons. The van der Waals surface area contributed by atoms with Crippen molar-refractivity contribution in [3.05, 3.63) is 29.6 Å². The predicted molar refractivity (Wildman–Crippen MR) is 61.7 cm³/mol. The highest BCUT2D eigenvalue weighted by Gasteiger charge is 2.29. The van der Waals surface area contributed by atoms with E-state index in [2.05, 4.69) is 0 Å². The second kappa shape index (κ2) is 6.09. The fourth-order valence-corrected chi connectivity index (χ4v) is 2.53. The van der Waals surface area contributed by atoms with Crippen molar-refractivity contribution in [2.45, 2.75) is 23.9 Å². The maximum atomic E-state index is 13.3. The molecule has 1 rings (SSSR count). The topological polar surface area (TPSA) is 87.0 Å². The van der Waals surface area contributed by atoms with Crippen LogP contribution in [0.3, 0.4) is 0 Å². The summed E-state index contributed by atoms with van der Waals surface area (Å²) in [6, 6.07) is 4.00. The van der Waals surface area contributed by atoms with Crippen LogP contribution in [0.5, 0.6) is 0 Å². The molecule has 5 nitrogen and oxygen atoms in total. The van der Waals surface area contributed by atoms with Gasteiger partial charge in [0, 0.05) is 6.42 Å². The summed E-state index contributed by atoms with van der Waals surface area (Å²) in [5.41, 5.74) is -0.825.